The van der Waals surface area contributed by atoms with Gasteiger partial charge in [-0.3, -0.25) is 0 Å². The van der Waals surface area contributed by atoms with E-state index in [4.69, 9.17) is 16.3 Å². The highest BCUT2D eigenvalue weighted by molar-refractivity contribution is 6.21. The molecular formula is C18H27ClO. The molecule has 1 saturated carbocycles. The highest BCUT2D eigenvalue weighted by atomic mass is 35.5. The fraction of sp³-hybridized carbons (Fsp3) is 0.667. The minimum atomic E-state index is 0.0840. The van der Waals surface area contributed by atoms with Gasteiger partial charge < -0.3 is 4.74 Å². The third-order valence-corrected chi connectivity index (χ3v) is 4.34. The van der Waals surface area contributed by atoms with Crippen molar-refractivity contribution in [2.75, 3.05) is 0 Å². The summed E-state index contributed by atoms with van der Waals surface area (Å²) in [7, 11) is 0. The molecule has 1 aliphatic rings. The maximum absolute atomic E-state index is 6.16. The smallest absolute Gasteiger partial charge is 0.123 e. The molecular weight excluding hydrogens is 268 g/mol. The molecule has 0 radical (unpaired) electrons. The van der Waals surface area contributed by atoms with Gasteiger partial charge in [0.25, 0.3) is 0 Å². The molecule has 0 saturated heterocycles. The van der Waals surface area contributed by atoms with Crippen LogP contribution in [0.15, 0.2) is 18.2 Å². The van der Waals surface area contributed by atoms with Gasteiger partial charge in [-0.15, -0.1) is 11.6 Å². The zero-order valence-corrected chi connectivity index (χ0v) is 14.3. The van der Waals surface area contributed by atoms with E-state index in [2.05, 4.69) is 59.7 Å². The zero-order valence-electron chi connectivity index (χ0n) is 13.6. The van der Waals surface area contributed by atoms with Gasteiger partial charge in [0.05, 0.1) is 0 Å². The van der Waals surface area contributed by atoms with E-state index in [1.165, 1.54) is 11.1 Å². The van der Waals surface area contributed by atoms with Crippen LogP contribution < -0.4 is 4.74 Å². The van der Waals surface area contributed by atoms with Crippen molar-refractivity contribution in [3.05, 3.63) is 29.3 Å². The molecule has 2 heteroatoms. The predicted molar refractivity (Wildman–Crippen MR) is 87.1 cm³/mol. The van der Waals surface area contributed by atoms with Crippen LogP contribution in [0.25, 0.3) is 0 Å². The lowest BCUT2D eigenvalue weighted by Crippen LogP contribution is -2.35. The Kier molecular flexibility index (Phi) is 4.12. The number of alkyl halides is 1. The van der Waals surface area contributed by atoms with Gasteiger partial charge in [0.15, 0.2) is 0 Å². The Morgan fingerprint density at radius 2 is 1.60 bits per heavy atom. The lowest BCUT2D eigenvalue weighted by atomic mass is 9.80. The van der Waals surface area contributed by atoms with Crippen LogP contribution >= 0.6 is 11.6 Å². The average molecular weight is 295 g/mol. The number of halogens is 1. The van der Waals surface area contributed by atoms with Crippen LogP contribution in [0.1, 0.15) is 65.5 Å². The molecule has 0 aliphatic heterocycles. The van der Waals surface area contributed by atoms with Gasteiger partial charge in [-0.25, -0.2) is 0 Å². The van der Waals surface area contributed by atoms with Crippen molar-refractivity contribution in [1.29, 1.82) is 0 Å². The SMILES string of the molecule is CC(C)(C)c1ccc(OC2CC(Cl)C2)c(C(C)(C)C)c1. The Morgan fingerprint density at radius 3 is 2.05 bits per heavy atom. The van der Waals surface area contributed by atoms with E-state index in [0.717, 1.165) is 18.6 Å². The summed E-state index contributed by atoms with van der Waals surface area (Å²) in [5.74, 6) is 1.03. The summed E-state index contributed by atoms with van der Waals surface area (Å²) in [6.45, 7) is 13.5. The van der Waals surface area contributed by atoms with Crippen LogP contribution in [0.2, 0.25) is 0 Å². The number of ether oxygens (including phenoxy) is 1. The molecule has 2 rings (SSSR count). The van der Waals surface area contributed by atoms with Crippen molar-refractivity contribution >= 4 is 11.6 Å². The summed E-state index contributed by atoms with van der Waals surface area (Å²) in [6, 6.07) is 6.65. The third-order valence-electron chi connectivity index (χ3n) is 3.98. The Morgan fingerprint density at radius 1 is 1.00 bits per heavy atom. The van der Waals surface area contributed by atoms with Crippen molar-refractivity contribution in [3.63, 3.8) is 0 Å². The number of rotatable bonds is 2. The lowest BCUT2D eigenvalue weighted by molar-refractivity contribution is 0.121. The van der Waals surface area contributed by atoms with Gasteiger partial charge >= 0.3 is 0 Å². The minimum absolute atomic E-state index is 0.0840. The summed E-state index contributed by atoms with van der Waals surface area (Å²) in [6.07, 6.45) is 2.22. The lowest BCUT2D eigenvalue weighted by Gasteiger charge is -2.34. The molecule has 0 bridgehead atoms. The second-order valence-corrected chi connectivity index (χ2v) is 8.64. The standard InChI is InChI=1S/C18H27ClO/c1-17(2,3)12-7-8-16(15(9-12)18(4,5)6)20-14-10-13(19)11-14/h7-9,13-14H,10-11H2,1-6H3. The molecule has 20 heavy (non-hydrogen) atoms. The fourth-order valence-corrected chi connectivity index (χ4v) is 2.86. The Labute approximate surface area is 128 Å². The Bertz CT molecular complexity index is 473. The molecule has 0 atom stereocenters. The summed E-state index contributed by atoms with van der Waals surface area (Å²) in [5, 5.41) is 0.298. The molecule has 1 aromatic carbocycles. The van der Waals surface area contributed by atoms with E-state index in [0.29, 0.717) is 11.5 Å². The molecule has 0 spiro atoms. The zero-order chi connectivity index (χ0) is 15.1. The highest BCUT2D eigenvalue weighted by Crippen LogP contribution is 2.38. The monoisotopic (exact) mass is 294 g/mol. The molecule has 0 N–H and O–H groups in total. The first-order valence-electron chi connectivity index (χ1n) is 7.53. The number of hydrogen-bond acceptors (Lipinski definition) is 1. The molecule has 1 nitrogen and oxygen atoms in total. The molecule has 112 valence electrons. The first kappa shape index (κ1) is 15.7. The van der Waals surface area contributed by atoms with E-state index < -0.39 is 0 Å². The van der Waals surface area contributed by atoms with Crippen LogP contribution in [-0.4, -0.2) is 11.5 Å². The second kappa shape index (κ2) is 5.26. The minimum Gasteiger partial charge on any atom is -0.490 e. The van der Waals surface area contributed by atoms with Crippen LogP contribution in [0, 0.1) is 0 Å². The molecule has 1 fully saturated rings. The molecule has 1 aromatic rings. The third kappa shape index (κ3) is 3.49. The van der Waals surface area contributed by atoms with Crippen LogP contribution in [0.3, 0.4) is 0 Å². The molecule has 1 aliphatic carbocycles. The summed E-state index contributed by atoms with van der Waals surface area (Å²) < 4.78 is 6.16. The van der Waals surface area contributed by atoms with Crippen LogP contribution in [0.5, 0.6) is 5.75 Å². The first-order valence-corrected chi connectivity index (χ1v) is 7.97. The Hall–Kier alpha value is -0.690. The predicted octanol–water partition coefficient (Wildman–Crippen LogP) is 5.43. The van der Waals surface area contributed by atoms with Gasteiger partial charge in [0.1, 0.15) is 11.9 Å². The van der Waals surface area contributed by atoms with E-state index in [-0.39, 0.29) is 10.8 Å². The van der Waals surface area contributed by atoms with Gasteiger partial charge in [0, 0.05) is 18.2 Å². The molecule has 0 unspecified atom stereocenters. The molecule has 0 amide bonds. The van der Waals surface area contributed by atoms with E-state index in [1.54, 1.807) is 0 Å². The van der Waals surface area contributed by atoms with Crippen LogP contribution in [0.4, 0.5) is 0 Å². The van der Waals surface area contributed by atoms with Gasteiger partial charge in [-0.1, -0.05) is 53.7 Å². The first-order chi connectivity index (χ1) is 9.07. The quantitative estimate of drug-likeness (QED) is 0.661. The van der Waals surface area contributed by atoms with Gasteiger partial charge in [-0.05, 0) is 28.0 Å². The average Bonchev–Trinajstić information content (AvgIpc) is 2.24. The van der Waals surface area contributed by atoms with E-state index in [1.807, 2.05) is 0 Å². The fourth-order valence-electron chi connectivity index (χ4n) is 2.46. The second-order valence-electron chi connectivity index (χ2n) is 8.02. The van der Waals surface area contributed by atoms with E-state index in [9.17, 15) is 0 Å². The van der Waals surface area contributed by atoms with Gasteiger partial charge in [0.2, 0.25) is 0 Å². The van der Waals surface area contributed by atoms with E-state index >= 15 is 0 Å². The maximum atomic E-state index is 6.16. The maximum Gasteiger partial charge on any atom is 0.123 e. The number of benzene rings is 1. The van der Waals surface area contributed by atoms with Crippen molar-refractivity contribution in [1.82, 2.24) is 0 Å². The largest absolute Gasteiger partial charge is 0.490 e. The summed E-state index contributed by atoms with van der Waals surface area (Å²) >= 11 is 6.04. The van der Waals surface area contributed by atoms with Crippen molar-refractivity contribution < 1.29 is 4.74 Å². The molecule has 0 aromatic heterocycles. The van der Waals surface area contributed by atoms with Gasteiger partial charge in [-0.2, -0.15) is 0 Å². The topological polar surface area (TPSA) is 9.23 Å². The summed E-state index contributed by atoms with van der Waals surface area (Å²) in [4.78, 5) is 0. The van der Waals surface area contributed by atoms with Crippen LogP contribution in [-0.2, 0) is 10.8 Å². The van der Waals surface area contributed by atoms with Crippen molar-refractivity contribution in [2.24, 2.45) is 0 Å². The highest BCUT2D eigenvalue weighted by Gasteiger charge is 2.31. The number of hydrogen-bond donors (Lipinski definition) is 0. The Balaban J connectivity index is 2.31. The van der Waals surface area contributed by atoms with Crippen molar-refractivity contribution in [3.8, 4) is 5.75 Å². The van der Waals surface area contributed by atoms with Crippen molar-refractivity contribution in [2.45, 2.75) is 76.7 Å². The summed E-state index contributed by atoms with van der Waals surface area (Å²) in [5.41, 5.74) is 2.90. The molecule has 0 heterocycles. The normalized spacial score (nSPS) is 23.4.